The van der Waals surface area contributed by atoms with Crippen molar-refractivity contribution in [3.63, 3.8) is 0 Å². The van der Waals surface area contributed by atoms with Gasteiger partial charge in [0.05, 0.1) is 4.90 Å². The van der Waals surface area contributed by atoms with E-state index >= 15 is 0 Å². The average molecular weight is 298 g/mol. The highest BCUT2D eigenvalue weighted by Gasteiger charge is 2.16. The molecule has 0 aliphatic carbocycles. The molecule has 0 atom stereocenters. The number of carbonyl (C=O) groups excluding carboxylic acids is 1. The third-order valence-electron chi connectivity index (χ3n) is 3.13. The molecule has 0 radical (unpaired) electrons. The maximum atomic E-state index is 12.3. The van der Waals surface area contributed by atoms with Gasteiger partial charge in [0.15, 0.2) is 0 Å². The minimum absolute atomic E-state index is 0.0608. The first-order valence-electron chi connectivity index (χ1n) is 6.79. The third-order valence-corrected chi connectivity index (χ3v) is 4.56. The molecule has 0 bridgehead atoms. The topological polar surface area (TPSA) is 66.5 Å². The second-order valence-corrected chi connectivity index (χ2v) is 6.36. The Kier molecular flexibility index (Phi) is 6.16. The summed E-state index contributed by atoms with van der Waals surface area (Å²) in [6.07, 6.45) is 1.99. The van der Waals surface area contributed by atoms with Crippen LogP contribution < -0.4 is 4.72 Å². The van der Waals surface area contributed by atoms with Crippen molar-refractivity contribution in [3.8, 4) is 0 Å². The first kappa shape index (κ1) is 16.7. The molecule has 112 valence electrons. The van der Waals surface area contributed by atoms with E-state index in [1.54, 1.807) is 17.0 Å². The van der Waals surface area contributed by atoms with Gasteiger partial charge >= 0.3 is 0 Å². The number of amides is 1. The number of hydrogen-bond acceptors (Lipinski definition) is 3. The number of sulfonamides is 1. The third kappa shape index (κ3) is 4.05. The van der Waals surface area contributed by atoms with Gasteiger partial charge in [0.25, 0.3) is 5.91 Å². The molecule has 0 fully saturated rings. The Morgan fingerprint density at radius 2 is 1.80 bits per heavy atom. The predicted octanol–water partition coefficient (Wildman–Crippen LogP) is 1.86. The summed E-state index contributed by atoms with van der Waals surface area (Å²) in [5.41, 5.74) is 0.512. The highest BCUT2D eigenvalue weighted by Crippen LogP contribution is 2.12. The Balaban J connectivity index is 2.90. The molecule has 5 nitrogen and oxygen atoms in total. The molecule has 0 aliphatic heterocycles. The number of benzene rings is 1. The Morgan fingerprint density at radius 3 is 2.25 bits per heavy atom. The van der Waals surface area contributed by atoms with Gasteiger partial charge in [0, 0.05) is 18.7 Å². The van der Waals surface area contributed by atoms with Gasteiger partial charge in [-0.25, -0.2) is 13.1 Å². The van der Waals surface area contributed by atoms with Crippen molar-refractivity contribution >= 4 is 15.9 Å². The van der Waals surface area contributed by atoms with E-state index in [-0.39, 0.29) is 10.8 Å². The lowest BCUT2D eigenvalue weighted by Crippen LogP contribution is -2.31. The average Bonchev–Trinajstić information content (AvgIpc) is 2.48. The van der Waals surface area contributed by atoms with E-state index in [0.29, 0.717) is 12.1 Å². The van der Waals surface area contributed by atoms with Gasteiger partial charge in [0.2, 0.25) is 10.0 Å². The van der Waals surface area contributed by atoms with Crippen LogP contribution in [0.4, 0.5) is 0 Å². The lowest BCUT2D eigenvalue weighted by atomic mass is 10.2. The van der Waals surface area contributed by atoms with Crippen LogP contribution in [0.1, 0.15) is 37.0 Å². The first-order chi connectivity index (χ1) is 9.46. The minimum Gasteiger partial charge on any atom is -0.339 e. The molecule has 1 N–H and O–H groups in total. The highest BCUT2D eigenvalue weighted by atomic mass is 32.2. The molecule has 1 amide bonds. The molecule has 0 saturated heterocycles. The summed E-state index contributed by atoms with van der Waals surface area (Å²) in [6, 6.07) is 6.02. The van der Waals surface area contributed by atoms with Crippen molar-refractivity contribution in [3.05, 3.63) is 29.8 Å². The van der Waals surface area contributed by atoms with Crippen LogP contribution in [-0.4, -0.2) is 39.4 Å². The summed E-state index contributed by atoms with van der Waals surface area (Å²) < 4.78 is 25.5. The Morgan fingerprint density at radius 1 is 1.20 bits per heavy atom. The summed E-state index contributed by atoms with van der Waals surface area (Å²) >= 11 is 0. The molecule has 0 spiro atoms. The summed E-state index contributed by atoms with van der Waals surface area (Å²) in [4.78, 5) is 14.2. The van der Waals surface area contributed by atoms with Crippen molar-refractivity contribution in [2.24, 2.45) is 0 Å². The molecular weight excluding hydrogens is 276 g/mol. The molecule has 0 saturated carbocycles. The van der Waals surface area contributed by atoms with Crippen LogP contribution in [0.3, 0.4) is 0 Å². The second kappa shape index (κ2) is 7.40. The van der Waals surface area contributed by atoms with Gasteiger partial charge < -0.3 is 4.90 Å². The molecule has 6 heteroatoms. The number of rotatable bonds is 7. The zero-order valence-corrected chi connectivity index (χ0v) is 13.0. The molecule has 1 aromatic carbocycles. The van der Waals surface area contributed by atoms with Crippen LogP contribution in [0.15, 0.2) is 29.2 Å². The summed E-state index contributed by atoms with van der Waals surface area (Å²) in [5, 5.41) is 0. The van der Waals surface area contributed by atoms with E-state index in [1.807, 2.05) is 6.92 Å². The van der Waals surface area contributed by atoms with Crippen LogP contribution in [0, 0.1) is 0 Å². The monoisotopic (exact) mass is 298 g/mol. The van der Waals surface area contributed by atoms with Crippen LogP contribution in [0.25, 0.3) is 0 Å². The number of carbonyl (C=O) groups is 1. The minimum atomic E-state index is -3.46. The zero-order chi connectivity index (χ0) is 15.2. The number of hydrogen-bond donors (Lipinski definition) is 1. The lowest BCUT2D eigenvalue weighted by Gasteiger charge is -2.20. The van der Waals surface area contributed by atoms with Crippen molar-refractivity contribution in [2.75, 3.05) is 20.1 Å². The fourth-order valence-corrected chi connectivity index (χ4v) is 2.56. The maximum absolute atomic E-state index is 12.3. The van der Waals surface area contributed by atoms with E-state index in [0.717, 1.165) is 19.4 Å². The summed E-state index contributed by atoms with van der Waals surface area (Å²) in [5.74, 6) is -0.0608. The van der Waals surface area contributed by atoms with Crippen LogP contribution in [-0.2, 0) is 10.0 Å². The van der Waals surface area contributed by atoms with Gasteiger partial charge in [0.1, 0.15) is 0 Å². The summed E-state index contributed by atoms with van der Waals surface area (Å²) in [6.45, 7) is 5.39. The second-order valence-electron chi connectivity index (χ2n) is 4.47. The Labute approximate surface area is 121 Å². The van der Waals surface area contributed by atoms with Crippen molar-refractivity contribution < 1.29 is 13.2 Å². The number of nitrogens with one attached hydrogen (secondary N) is 1. The Hall–Kier alpha value is -1.40. The van der Waals surface area contributed by atoms with Gasteiger partial charge in [-0.2, -0.15) is 0 Å². The molecule has 0 aromatic heterocycles. The molecule has 0 aliphatic rings. The maximum Gasteiger partial charge on any atom is 0.253 e. The van der Waals surface area contributed by atoms with E-state index < -0.39 is 10.0 Å². The van der Waals surface area contributed by atoms with Crippen LogP contribution >= 0.6 is 0 Å². The lowest BCUT2D eigenvalue weighted by molar-refractivity contribution is 0.0762. The number of nitrogens with zero attached hydrogens (tertiary/aromatic N) is 1. The van der Waals surface area contributed by atoms with Gasteiger partial charge in [-0.05, 0) is 44.7 Å². The normalized spacial score (nSPS) is 11.3. The fraction of sp³-hybridized carbons (Fsp3) is 0.500. The first-order valence-corrected chi connectivity index (χ1v) is 8.27. The largest absolute Gasteiger partial charge is 0.339 e. The van der Waals surface area contributed by atoms with E-state index in [1.165, 1.54) is 19.2 Å². The Bertz CT molecular complexity index is 538. The van der Waals surface area contributed by atoms with E-state index in [4.69, 9.17) is 0 Å². The standard InChI is InChI=1S/C14H22N2O3S/c1-4-6-11-16(5-2)14(17)12-7-9-13(10-8-12)20(18,19)15-3/h7-10,15H,4-6,11H2,1-3H3. The van der Waals surface area contributed by atoms with E-state index in [9.17, 15) is 13.2 Å². The van der Waals surface area contributed by atoms with Crippen LogP contribution in [0.2, 0.25) is 0 Å². The van der Waals surface area contributed by atoms with Crippen LogP contribution in [0.5, 0.6) is 0 Å². The van der Waals surface area contributed by atoms with Crippen molar-refractivity contribution in [1.82, 2.24) is 9.62 Å². The number of unbranched alkanes of at least 4 members (excludes halogenated alkanes) is 1. The fourth-order valence-electron chi connectivity index (χ4n) is 1.83. The predicted molar refractivity (Wildman–Crippen MR) is 79.2 cm³/mol. The van der Waals surface area contributed by atoms with Crippen molar-refractivity contribution in [1.29, 1.82) is 0 Å². The SMILES string of the molecule is CCCCN(CC)C(=O)c1ccc(S(=O)(=O)NC)cc1. The quantitative estimate of drug-likeness (QED) is 0.835. The molecule has 1 rings (SSSR count). The smallest absolute Gasteiger partial charge is 0.253 e. The zero-order valence-electron chi connectivity index (χ0n) is 12.2. The van der Waals surface area contributed by atoms with Gasteiger partial charge in [-0.15, -0.1) is 0 Å². The molecule has 0 unspecified atom stereocenters. The molecule has 1 aromatic rings. The van der Waals surface area contributed by atoms with E-state index in [2.05, 4.69) is 11.6 Å². The molecule has 0 heterocycles. The van der Waals surface area contributed by atoms with Gasteiger partial charge in [-0.1, -0.05) is 13.3 Å². The summed E-state index contributed by atoms with van der Waals surface area (Å²) in [7, 11) is -2.10. The molecule has 20 heavy (non-hydrogen) atoms. The molecular formula is C14H22N2O3S. The van der Waals surface area contributed by atoms with Gasteiger partial charge in [-0.3, -0.25) is 4.79 Å². The van der Waals surface area contributed by atoms with Crippen molar-refractivity contribution in [2.45, 2.75) is 31.6 Å². The highest BCUT2D eigenvalue weighted by molar-refractivity contribution is 7.89.